The second-order valence-corrected chi connectivity index (χ2v) is 5.98. The van der Waals surface area contributed by atoms with Crippen LogP contribution >= 0.6 is 0 Å². The highest BCUT2D eigenvalue weighted by Crippen LogP contribution is 2.21. The third-order valence-corrected chi connectivity index (χ3v) is 3.02. The third-order valence-electron chi connectivity index (χ3n) is 3.02. The summed E-state index contributed by atoms with van der Waals surface area (Å²) in [5.74, 6) is 0.289. The first-order valence-electron chi connectivity index (χ1n) is 6.84. The van der Waals surface area contributed by atoms with Crippen LogP contribution in [0.3, 0.4) is 0 Å². The second-order valence-electron chi connectivity index (χ2n) is 5.98. The van der Waals surface area contributed by atoms with E-state index in [1.54, 1.807) is 4.90 Å². The highest BCUT2D eigenvalue weighted by atomic mass is 16.6. The van der Waals surface area contributed by atoms with Crippen molar-refractivity contribution in [1.82, 2.24) is 4.90 Å². The number of hydrogen-bond acceptors (Lipinski definition) is 3. The minimum Gasteiger partial charge on any atom is -0.444 e. The molecule has 0 radical (unpaired) electrons. The molecule has 0 bridgehead atoms. The standard InChI is InChI=1S/C14H25NO3/c1-5-7-12(16)11-8-6-9-15(10-11)13(17)18-14(2,3)4/h11H,5-10H2,1-4H3. The molecule has 0 aromatic carbocycles. The fourth-order valence-electron chi connectivity index (χ4n) is 2.18. The summed E-state index contributed by atoms with van der Waals surface area (Å²) in [5, 5.41) is 0. The molecule has 1 aliphatic heterocycles. The largest absolute Gasteiger partial charge is 0.444 e. The molecule has 0 saturated carbocycles. The summed E-state index contributed by atoms with van der Waals surface area (Å²) in [6, 6.07) is 0. The van der Waals surface area contributed by atoms with Crippen LogP contribution in [0.2, 0.25) is 0 Å². The van der Waals surface area contributed by atoms with Gasteiger partial charge < -0.3 is 9.64 Å². The van der Waals surface area contributed by atoms with Crippen molar-refractivity contribution < 1.29 is 14.3 Å². The van der Waals surface area contributed by atoms with Gasteiger partial charge in [0.2, 0.25) is 0 Å². The number of hydrogen-bond donors (Lipinski definition) is 0. The molecule has 0 aliphatic carbocycles. The van der Waals surface area contributed by atoms with Gasteiger partial charge in [-0.3, -0.25) is 4.79 Å². The molecule has 0 N–H and O–H groups in total. The Bertz CT molecular complexity index is 307. The van der Waals surface area contributed by atoms with Gasteiger partial charge in [-0.05, 0) is 40.0 Å². The van der Waals surface area contributed by atoms with Crippen LogP contribution in [-0.2, 0) is 9.53 Å². The fourth-order valence-corrected chi connectivity index (χ4v) is 2.18. The second kappa shape index (κ2) is 6.21. The van der Waals surface area contributed by atoms with Crippen molar-refractivity contribution >= 4 is 11.9 Å². The Balaban J connectivity index is 2.53. The number of nitrogens with zero attached hydrogens (tertiary/aromatic N) is 1. The number of ketones is 1. The average Bonchev–Trinajstić information content (AvgIpc) is 2.27. The van der Waals surface area contributed by atoms with E-state index in [1.165, 1.54) is 0 Å². The van der Waals surface area contributed by atoms with Crippen molar-refractivity contribution in [2.24, 2.45) is 5.92 Å². The SMILES string of the molecule is CCCC(=O)C1CCCN(C(=O)OC(C)(C)C)C1. The van der Waals surface area contributed by atoms with Crippen LogP contribution in [-0.4, -0.2) is 35.5 Å². The Labute approximate surface area is 110 Å². The zero-order chi connectivity index (χ0) is 13.8. The van der Waals surface area contributed by atoms with Gasteiger partial charge in [-0.15, -0.1) is 0 Å². The number of Topliss-reactive ketones (excluding diaryl/α,β-unsaturated/α-hetero) is 1. The maximum absolute atomic E-state index is 11.9. The number of amides is 1. The van der Waals surface area contributed by atoms with Crippen LogP contribution in [0.4, 0.5) is 4.79 Å². The summed E-state index contributed by atoms with van der Waals surface area (Å²) in [5.41, 5.74) is -0.475. The Morgan fingerprint density at radius 2 is 2.00 bits per heavy atom. The van der Waals surface area contributed by atoms with Gasteiger partial charge in [0.25, 0.3) is 0 Å². The van der Waals surface area contributed by atoms with Crippen molar-refractivity contribution in [2.45, 2.75) is 59.0 Å². The predicted octanol–water partition coefficient (Wildman–Crippen LogP) is 3.00. The van der Waals surface area contributed by atoms with Crippen LogP contribution in [0.25, 0.3) is 0 Å². The molecule has 1 amide bonds. The Hall–Kier alpha value is -1.06. The number of carbonyl (C=O) groups is 2. The first kappa shape index (κ1) is 15.0. The molecule has 1 fully saturated rings. The number of likely N-dealkylation sites (tertiary alicyclic amines) is 1. The number of carbonyl (C=O) groups excluding carboxylic acids is 2. The lowest BCUT2D eigenvalue weighted by Crippen LogP contribution is -2.44. The summed E-state index contributed by atoms with van der Waals surface area (Å²) in [6.45, 7) is 8.79. The zero-order valence-corrected chi connectivity index (χ0v) is 12.0. The van der Waals surface area contributed by atoms with E-state index in [9.17, 15) is 9.59 Å². The van der Waals surface area contributed by atoms with Gasteiger partial charge in [-0.25, -0.2) is 4.79 Å². The van der Waals surface area contributed by atoms with Crippen LogP contribution in [0, 0.1) is 5.92 Å². The monoisotopic (exact) mass is 255 g/mol. The van der Waals surface area contributed by atoms with E-state index in [0.29, 0.717) is 19.5 Å². The Kier molecular flexibility index (Phi) is 5.17. The lowest BCUT2D eigenvalue weighted by atomic mass is 9.92. The van der Waals surface area contributed by atoms with Crippen LogP contribution < -0.4 is 0 Å². The lowest BCUT2D eigenvalue weighted by Gasteiger charge is -2.33. The summed E-state index contributed by atoms with van der Waals surface area (Å²) >= 11 is 0. The molecule has 1 aliphatic rings. The topological polar surface area (TPSA) is 46.6 Å². The quantitative estimate of drug-likeness (QED) is 0.778. The maximum atomic E-state index is 11.9. The average molecular weight is 255 g/mol. The van der Waals surface area contributed by atoms with Gasteiger partial charge in [0.1, 0.15) is 11.4 Å². The molecule has 0 spiro atoms. The smallest absolute Gasteiger partial charge is 0.410 e. The van der Waals surface area contributed by atoms with E-state index in [-0.39, 0.29) is 17.8 Å². The molecule has 1 atom stereocenters. The van der Waals surface area contributed by atoms with Gasteiger partial charge in [-0.2, -0.15) is 0 Å². The summed E-state index contributed by atoms with van der Waals surface area (Å²) < 4.78 is 5.34. The molecule has 104 valence electrons. The Morgan fingerprint density at radius 3 is 2.56 bits per heavy atom. The minimum atomic E-state index is -0.475. The molecular weight excluding hydrogens is 230 g/mol. The fraction of sp³-hybridized carbons (Fsp3) is 0.857. The summed E-state index contributed by atoms with van der Waals surface area (Å²) in [6.07, 6.45) is 2.99. The molecule has 1 saturated heterocycles. The van der Waals surface area contributed by atoms with Gasteiger partial charge in [0.15, 0.2) is 0 Å². The van der Waals surface area contributed by atoms with Crippen molar-refractivity contribution in [3.8, 4) is 0 Å². The van der Waals surface area contributed by atoms with Gasteiger partial charge >= 0.3 is 6.09 Å². The zero-order valence-electron chi connectivity index (χ0n) is 12.0. The van der Waals surface area contributed by atoms with E-state index in [2.05, 4.69) is 0 Å². The highest BCUT2D eigenvalue weighted by molar-refractivity contribution is 5.82. The molecule has 0 aromatic heterocycles. The molecule has 18 heavy (non-hydrogen) atoms. The lowest BCUT2D eigenvalue weighted by molar-refractivity contribution is -0.124. The van der Waals surface area contributed by atoms with Crippen molar-refractivity contribution in [2.75, 3.05) is 13.1 Å². The predicted molar refractivity (Wildman–Crippen MR) is 70.4 cm³/mol. The molecule has 1 heterocycles. The van der Waals surface area contributed by atoms with Crippen molar-refractivity contribution in [1.29, 1.82) is 0 Å². The van der Waals surface area contributed by atoms with Crippen LogP contribution in [0.5, 0.6) is 0 Å². The number of ether oxygens (including phenoxy) is 1. The highest BCUT2D eigenvalue weighted by Gasteiger charge is 2.30. The minimum absolute atomic E-state index is 0.00576. The first-order valence-corrected chi connectivity index (χ1v) is 6.84. The van der Waals surface area contributed by atoms with E-state index in [4.69, 9.17) is 4.74 Å². The molecular formula is C14H25NO3. The molecule has 4 nitrogen and oxygen atoms in total. The number of rotatable bonds is 3. The van der Waals surface area contributed by atoms with E-state index in [0.717, 1.165) is 19.3 Å². The van der Waals surface area contributed by atoms with Crippen LogP contribution in [0.1, 0.15) is 53.4 Å². The van der Waals surface area contributed by atoms with E-state index in [1.807, 2.05) is 27.7 Å². The molecule has 1 unspecified atom stereocenters. The third kappa shape index (κ3) is 4.67. The van der Waals surface area contributed by atoms with Gasteiger partial charge in [0, 0.05) is 25.4 Å². The van der Waals surface area contributed by atoms with Gasteiger partial charge in [0.05, 0.1) is 0 Å². The normalized spacial score (nSPS) is 20.7. The van der Waals surface area contributed by atoms with E-state index >= 15 is 0 Å². The summed E-state index contributed by atoms with van der Waals surface area (Å²) in [7, 11) is 0. The van der Waals surface area contributed by atoms with Crippen molar-refractivity contribution in [3.05, 3.63) is 0 Å². The number of piperidine rings is 1. The van der Waals surface area contributed by atoms with Crippen molar-refractivity contribution in [3.63, 3.8) is 0 Å². The molecule has 4 heteroatoms. The maximum Gasteiger partial charge on any atom is 0.410 e. The Morgan fingerprint density at radius 1 is 1.33 bits per heavy atom. The molecule has 0 aromatic rings. The van der Waals surface area contributed by atoms with Crippen LogP contribution in [0.15, 0.2) is 0 Å². The first-order chi connectivity index (χ1) is 8.33. The summed E-state index contributed by atoms with van der Waals surface area (Å²) in [4.78, 5) is 25.5. The molecule has 1 rings (SSSR count). The van der Waals surface area contributed by atoms with Gasteiger partial charge in [-0.1, -0.05) is 6.92 Å². The van der Waals surface area contributed by atoms with E-state index < -0.39 is 5.60 Å².